The molecule has 1 atom stereocenters. The number of fused-ring (bicyclic) bond motifs is 1. The summed E-state index contributed by atoms with van der Waals surface area (Å²) in [6.07, 6.45) is 1.27. The van der Waals surface area contributed by atoms with Crippen LogP contribution in [0.5, 0.6) is 5.75 Å². The molecule has 0 saturated heterocycles. The van der Waals surface area contributed by atoms with Gasteiger partial charge in [-0.25, -0.2) is 9.07 Å². The number of nitrogens with zero attached hydrogens (tertiary/aromatic N) is 2. The van der Waals surface area contributed by atoms with Gasteiger partial charge in [-0.15, -0.1) is 5.10 Å². The maximum Gasteiger partial charge on any atom is 0.168 e. The first-order valence-corrected chi connectivity index (χ1v) is 8.87. The van der Waals surface area contributed by atoms with Gasteiger partial charge in [0.05, 0.1) is 24.1 Å². The molecule has 0 saturated carbocycles. The Balaban J connectivity index is 1.79. The fourth-order valence-corrected chi connectivity index (χ4v) is 3.45. The Morgan fingerprint density at radius 3 is 2.48 bits per heavy atom. The Bertz CT molecular complexity index is 978. The van der Waals surface area contributed by atoms with Crippen LogP contribution in [0, 0.1) is 11.7 Å². The summed E-state index contributed by atoms with van der Waals surface area (Å²) in [5.41, 5.74) is 3.06. The largest absolute Gasteiger partial charge is 0.497 e. The van der Waals surface area contributed by atoms with E-state index in [-0.39, 0.29) is 17.5 Å². The van der Waals surface area contributed by atoms with Crippen LogP contribution in [0.25, 0.3) is 5.69 Å². The molecule has 0 unspecified atom stereocenters. The van der Waals surface area contributed by atoms with E-state index < -0.39 is 0 Å². The first-order valence-electron chi connectivity index (χ1n) is 8.87. The van der Waals surface area contributed by atoms with Crippen molar-refractivity contribution >= 4 is 17.3 Å². The second kappa shape index (κ2) is 6.87. The molecule has 0 bridgehead atoms. The lowest BCUT2D eigenvalue weighted by molar-refractivity contribution is 0.0953. The van der Waals surface area contributed by atoms with Crippen molar-refractivity contribution in [1.82, 2.24) is 9.78 Å². The molecule has 138 valence electrons. The number of methoxy groups -OCH3 is 1. The number of carbonyl (C=O) groups excluding carboxylic acids is 1. The highest BCUT2D eigenvalue weighted by molar-refractivity contribution is 6.03. The van der Waals surface area contributed by atoms with Crippen molar-refractivity contribution in [2.75, 3.05) is 12.4 Å². The van der Waals surface area contributed by atoms with Gasteiger partial charge in [-0.05, 0) is 60.9 Å². The minimum absolute atomic E-state index is 0.0770. The third kappa shape index (κ3) is 3.30. The lowest BCUT2D eigenvalue weighted by Gasteiger charge is -2.19. The molecular formula is C21H20FN3O2. The minimum atomic E-state index is -0.309. The predicted molar refractivity (Wildman–Crippen MR) is 102 cm³/mol. The standard InChI is InChI=1S/C21H20FN3O2/c1-13-11-18-20(19(26)12-13)21(23-15-5-3-14(22)4-6-15)24-25(18)16-7-9-17(27-2)10-8-16/h3-10,13H,11-12H2,1-2H3,(H,23,24)/t13-/m1/s1. The molecule has 0 spiro atoms. The van der Waals surface area contributed by atoms with E-state index in [0.29, 0.717) is 23.5 Å². The van der Waals surface area contributed by atoms with Crippen molar-refractivity contribution in [3.63, 3.8) is 0 Å². The summed E-state index contributed by atoms with van der Waals surface area (Å²) < 4.78 is 20.2. The van der Waals surface area contributed by atoms with Gasteiger partial charge in [0.1, 0.15) is 11.6 Å². The maximum atomic E-state index is 13.2. The van der Waals surface area contributed by atoms with Crippen molar-refractivity contribution in [2.24, 2.45) is 5.92 Å². The summed E-state index contributed by atoms with van der Waals surface area (Å²) in [7, 11) is 1.62. The quantitative estimate of drug-likeness (QED) is 0.738. The van der Waals surface area contributed by atoms with Gasteiger partial charge in [-0.1, -0.05) is 6.92 Å². The number of ketones is 1. The number of ether oxygens (including phenoxy) is 1. The van der Waals surface area contributed by atoms with E-state index in [1.165, 1.54) is 12.1 Å². The Hall–Kier alpha value is -3.15. The molecule has 0 amide bonds. The topological polar surface area (TPSA) is 56.1 Å². The molecule has 4 rings (SSSR count). The highest BCUT2D eigenvalue weighted by Gasteiger charge is 2.31. The number of aromatic nitrogens is 2. The Morgan fingerprint density at radius 1 is 1.11 bits per heavy atom. The van der Waals surface area contributed by atoms with E-state index in [1.807, 2.05) is 28.9 Å². The Morgan fingerprint density at radius 2 is 1.81 bits per heavy atom. The number of anilines is 2. The third-order valence-electron chi connectivity index (χ3n) is 4.76. The third-order valence-corrected chi connectivity index (χ3v) is 4.76. The Labute approximate surface area is 156 Å². The van der Waals surface area contributed by atoms with Crippen LogP contribution in [0.2, 0.25) is 0 Å². The van der Waals surface area contributed by atoms with Gasteiger partial charge in [0.25, 0.3) is 0 Å². The van der Waals surface area contributed by atoms with Crippen LogP contribution in [-0.2, 0) is 6.42 Å². The summed E-state index contributed by atoms with van der Waals surface area (Å²) in [6, 6.07) is 13.6. The van der Waals surface area contributed by atoms with Crippen molar-refractivity contribution in [3.05, 3.63) is 65.6 Å². The van der Waals surface area contributed by atoms with Crippen LogP contribution >= 0.6 is 0 Å². The molecule has 27 heavy (non-hydrogen) atoms. The van der Waals surface area contributed by atoms with Gasteiger partial charge < -0.3 is 10.1 Å². The molecule has 1 aromatic heterocycles. The molecule has 1 N–H and O–H groups in total. The summed E-state index contributed by atoms with van der Waals surface area (Å²) >= 11 is 0. The Kier molecular flexibility index (Phi) is 4.39. The number of halogens is 1. The van der Waals surface area contributed by atoms with Crippen molar-refractivity contribution < 1.29 is 13.9 Å². The zero-order chi connectivity index (χ0) is 19.0. The first-order chi connectivity index (χ1) is 13.0. The van der Waals surface area contributed by atoms with Gasteiger partial charge in [0, 0.05) is 12.1 Å². The molecule has 1 aliphatic rings. The number of nitrogens with one attached hydrogen (secondary N) is 1. The predicted octanol–water partition coefficient (Wildman–Crippen LogP) is 4.53. The molecule has 0 aliphatic heterocycles. The van der Waals surface area contributed by atoms with Crippen LogP contribution in [0.1, 0.15) is 29.4 Å². The van der Waals surface area contributed by atoms with E-state index in [4.69, 9.17) is 4.74 Å². The van der Waals surface area contributed by atoms with Crippen molar-refractivity contribution in [2.45, 2.75) is 19.8 Å². The highest BCUT2D eigenvalue weighted by Crippen LogP contribution is 2.34. The smallest absolute Gasteiger partial charge is 0.168 e. The van der Waals surface area contributed by atoms with Gasteiger partial charge >= 0.3 is 0 Å². The van der Waals surface area contributed by atoms with Gasteiger partial charge in [-0.3, -0.25) is 4.79 Å². The van der Waals surface area contributed by atoms with Crippen molar-refractivity contribution in [1.29, 1.82) is 0 Å². The molecular weight excluding hydrogens is 345 g/mol. The number of benzene rings is 2. The van der Waals surface area contributed by atoms with Crippen LogP contribution in [0.3, 0.4) is 0 Å². The SMILES string of the molecule is COc1ccc(-n2nc(Nc3ccc(F)cc3)c3c2C[C@@H](C)CC3=O)cc1. The molecule has 3 aromatic rings. The normalized spacial score (nSPS) is 16.1. The molecule has 1 heterocycles. The second-order valence-electron chi connectivity index (χ2n) is 6.85. The summed E-state index contributed by atoms with van der Waals surface area (Å²) in [6.45, 7) is 2.07. The number of hydrogen-bond donors (Lipinski definition) is 1. The fourth-order valence-electron chi connectivity index (χ4n) is 3.45. The number of carbonyl (C=O) groups is 1. The zero-order valence-corrected chi connectivity index (χ0v) is 15.2. The van der Waals surface area contributed by atoms with E-state index in [9.17, 15) is 9.18 Å². The maximum absolute atomic E-state index is 13.2. The minimum Gasteiger partial charge on any atom is -0.497 e. The number of rotatable bonds is 4. The van der Waals surface area contributed by atoms with E-state index in [1.54, 1.807) is 19.2 Å². The molecule has 0 radical (unpaired) electrons. The molecule has 5 nitrogen and oxygen atoms in total. The number of hydrogen-bond acceptors (Lipinski definition) is 4. The van der Waals surface area contributed by atoms with E-state index in [2.05, 4.69) is 17.3 Å². The van der Waals surface area contributed by atoms with Gasteiger partial charge in [-0.2, -0.15) is 0 Å². The zero-order valence-electron chi connectivity index (χ0n) is 15.2. The summed E-state index contributed by atoms with van der Waals surface area (Å²) in [4.78, 5) is 12.7. The highest BCUT2D eigenvalue weighted by atomic mass is 19.1. The fraction of sp³-hybridized carbons (Fsp3) is 0.238. The molecule has 0 fully saturated rings. The van der Waals surface area contributed by atoms with E-state index >= 15 is 0 Å². The molecule has 2 aromatic carbocycles. The van der Waals surface area contributed by atoms with Gasteiger partial charge in [0.2, 0.25) is 0 Å². The second-order valence-corrected chi connectivity index (χ2v) is 6.85. The van der Waals surface area contributed by atoms with Crippen LogP contribution in [-0.4, -0.2) is 22.7 Å². The summed E-state index contributed by atoms with van der Waals surface area (Å²) in [5, 5.41) is 7.84. The molecule has 6 heteroatoms. The number of Topliss-reactive ketones (excluding diaryl/α,β-unsaturated/α-hetero) is 1. The first kappa shape index (κ1) is 17.3. The van der Waals surface area contributed by atoms with Crippen LogP contribution in [0.15, 0.2) is 48.5 Å². The van der Waals surface area contributed by atoms with Gasteiger partial charge in [0.15, 0.2) is 11.6 Å². The van der Waals surface area contributed by atoms with Crippen molar-refractivity contribution in [3.8, 4) is 11.4 Å². The lowest BCUT2D eigenvalue weighted by atomic mass is 9.87. The summed E-state index contributed by atoms with van der Waals surface area (Å²) in [5.74, 6) is 1.29. The van der Waals surface area contributed by atoms with Crippen LogP contribution in [0.4, 0.5) is 15.9 Å². The lowest BCUT2D eigenvalue weighted by Crippen LogP contribution is -2.19. The molecule has 1 aliphatic carbocycles. The van der Waals surface area contributed by atoms with Crippen LogP contribution < -0.4 is 10.1 Å². The average Bonchev–Trinajstić information content (AvgIpc) is 3.02. The van der Waals surface area contributed by atoms with E-state index in [0.717, 1.165) is 23.6 Å². The average molecular weight is 365 g/mol. The monoisotopic (exact) mass is 365 g/mol.